The van der Waals surface area contributed by atoms with Crippen molar-refractivity contribution in [3.05, 3.63) is 87.8 Å². The standard InChI is InChI=1S/C55H62F2N10O4/c1-4-39-44(56)11-6-34-19-38(68)21-42(47(34)39)50-48(57)51(43(24-61-50)52(60-3)67-25-35-7-8-36(26-67)63-35)62-31-71-30-54(15-16-54)27-65-28-55(29-65)22-37(23-55)66-17-13-32(14-18-66)33-5-9-40(45(20-33)59-2)49(58)41-10-12-46(69)64-53(41)70/h1,5-6,9,11,19-21,24,32,35-37,41,58-59,63,68H,3,7-8,10,12-18,22-23,25-31H2,2H3,(H,64,69,70)/b52-43+,58-49?,62-51+. The Hall–Kier alpha value is -6.12. The predicted molar refractivity (Wildman–Crippen MR) is 272 cm³/mol. The molecule has 3 unspecified atom stereocenters. The van der Waals surface area contributed by atoms with Crippen LogP contribution in [-0.4, -0.2) is 140 Å². The van der Waals surface area contributed by atoms with Crippen molar-refractivity contribution in [1.29, 1.82) is 5.41 Å². The Labute approximate surface area is 413 Å². The van der Waals surface area contributed by atoms with Crippen LogP contribution in [0.2, 0.25) is 0 Å². The molecule has 0 aromatic heterocycles. The highest BCUT2D eigenvalue weighted by Crippen LogP contribution is 2.54. The van der Waals surface area contributed by atoms with Gasteiger partial charge in [0.2, 0.25) is 11.8 Å². The van der Waals surface area contributed by atoms with E-state index in [1.807, 2.05) is 13.1 Å². The minimum atomic E-state index is -0.749. The second-order valence-electron chi connectivity index (χ2n) is 21.5. The SMILES string of the molecule is C#Cc1c(F)ccc2cc(O)cc(C3=C(F)C(=N/COCC4(CN5CC6(CC(N7CCC(c8ccc(C(=N)C9CCC(=O)NC9=O)c(NC)c8)CC7)C6)C5)CC4)/C(=C(\N=C)N4CC5CCC(C4)N5)C=N3)c12. The monoisotopic (exact) mass is 964 g/mol. The summed E-state index contributed by atoms with van der Waals surface area (Å²) in [6, 6.07) is 13.0. The maximum atomic E-state index is 17.2. The van der Waals surface area contributed by atoms with Crippen molar-refractivity contribution in [3.8, 4) is 18.1 Å². The number of ether oxygens (including phenoxy) is 1. The number of amides is 2. The first-order chi connectivity index (χ1) is 34.4. The van der Waals surface area contributed by atoms with E-state index in [-0.39, 0.29) is 81.8 Å². The summed E-state index contributed by atoms with van der Waals surface area (Å²) < 4.78 is 38.6. The molecular weight excluding hydrogens is 903 g/mol. The van der Waals surface area contributed by atoms with E-state index in [0.29, 0.717) is 65.8 Å². The molecule has 5 N–H and O–H groups in total. The van der Waals surface area contributed by atoms with Crippen molar-refractivity contribution in [2.75, 3.05) is 71.5 Å². The maximum Gasteiger partial charge on any atom is 0.235 e. The van der Waals surface area contributed by atoms with Crippen molar-refractivity contribution >= 4 is 58.3 Å². The minimum absolute atomic E-state index is 0.0134. The highest BCUT2D eigenvalue weighted by Gasteiger charge is 2.56. The van der Waals surface area contributed by atoms with Gasteiger partial charge in [-0.2, -0.15) is 0 Å². The van der Waals surface area contributed by atoms with Crippen LogP contribution in [0.25, 0.3) is 16.5 Å². The van der Waals surface area contributed by atoms with E-state index in [1.54, 1.807) is 0 Å². The Kier molecular flexibility index (Phi) is 12.5. The quantitative estimate of drug-likeness (QED) is 0.0509. The smallest absolute Gasteiger partial charge is 0.235 e. The molecule has 2 amide bonds. The van der Waals surface area contributed by atoms with Gasteiger partial charge in [0.15, 0.2) is 5.83 Å². The molecule has 5 saturated heterocycles. The first-order valence-corrected chi connectivity index (χ1v) is 25.3. The Morgan fingerprint density at radius 2 is 1.82 bits per heavy atom. The number of hydrogen-bond acceptors (Lipinski definition) is 13. The summed E-state index contributed by atoms with van der Waals surface area (Å²) in [6.07, 6.45) is 16.8. The third kappa shape index (κ3) is 9.00. The summed E-state index contributed by atoms with van der Waals surface area (Å²) in [7, 11) is 1.85. The number of terminal acetylenes is 1. The number of halogens is 2. The number of aromatic hydroxyl groups is 1. The van der Waals surface area contributed by atoms with Gasteiger partial charge in [0.05, 0.1) is 29.4 Å². The van der Waals surface area contributed by atoms with Gasteiger partial charge in [-0.25, -0.2) is 13.8 Å². The lowest BCUT2D eigenvalue weighted by molar-refractivity contribution is -0.134. The highest BCUT2D eigenvalue weighted by atomic mass is 19.1. The first kappa shape index (κ1) is 47.2. The van der Waals surface area contributed by atoms with Gasteiger partial charge in [-0.1, -0.05) is 24.1 Å². The number of hydrogen-bond donors (Lipinski definition) is 5. The van der Waals surface area contributed by atoms with Crippen LogP contribution in [0.5, 0.6) is 5.75 Å². The van der Waals surface area contributed by atoms with E-state index >= 15 is 8.78 Å². The van der Waals surface area contributed by atoms with Crippen LogP contribution in [0.4, 0.5) is 14.5 Å². The van der Waals surface area contributed by atoms with Crippen LogP contribution >= 0.6 is 0 Å². The van der Waals surface area contributed by atoms with Crippen molar-refractivity contribution in [3.63, 3.8) is 0 Å². The molecule has 6 aliphatic heterocycles. The number of benzene rings is 3. The average molecular weight is 965 g/mol. The number of aliphatic imine (C=N–C) groups is 3. The van der Waals surface area contributed by atoms with Gasteiger partial charge in [-0.05, 0) is 124 Å². The number of anilines is 1. The number of allylic oxidation sites excluding steroid dienone is 2. The molecule has 3 aromatic rings. The van der Waals surface area contributed by atoms with Crippen LogP contribution in [-0.2, 0) is 14.3 Å². The van der Waals surface area contributed by atoms with Crippen molar-refractivity contribution in [2.24, 2.45) is 31.7 Å². The third-order valence-electron chi connectivity index (χ3n) is 16.8. The molecule has 3 atom stereocenters. The minimum Gasteiger partial charge on any atom is -0.508 e. The number of likely N-dealkylation sites (tertiary alicyclic amines) is 3. The summed E-state index contributed by atoms with van der Waals surface area (Å²) in [6.45, 7) is 11.0. The van der Waals surface area contributed by atoms with Gasteiger partial charge in [0.25, 0.3) is 0 Å². The van der Waals surface area contributed by atoms with Crippen LogP contribution in [0.1, 0.15) is 92.4 Å². The summed E-state index contributed by atoms with van der Waals surface area (Å²) in [5, 5.41) is 29.5. The van der Waals surface area contributed by atoms with Crippen LogP contribution in [0, 0.1) is 40.3 Å². The Morgan fingerprint density at radius 1 is 1.06 bits per heavy atom. The molecule has 2 bridgehead atoms. The lowest BCUT2D eigenvalue weighted by Gasteiger charge is -2.62. The highest BCUT2D eigenvalue weighted by molar-refractivity contribution is 6.29. The molecule has 71 heavy (non-hydrogen) atoms. The molecule has 7 fully saturated rings. The zero-order valence-corrected chi connectivity index (χ0v) is 40.3. The zero-order valence-electron chi connectivity index (χ0n) is 40.3. The number of nitrogens with zero attached hydrogens (tertiary/aromatic N) is 6. The number of piperidine rings is 2. The molecule has 8 aliphatic rings. The van der Waals surface area contributed by atoms with E-state index in [4.69, 9.17) is 21.6 Å². The number of piperazine rings is 1. The number of phenolic OH excluding ortho intramolecular Hbond substituents is 1. The van der Waals surface area contributed by atoms with E-state index in [0.717, 1.165) is 76.9 Å². The average Bonchev–Trinajstić information content (AvgIpc) is 4.03. The van der Waals surface area contributed by atoms with E-state index in [2.05, 4.69) is 65.4 Å². The van der Waals surface area contributed by atoms with Gasteiger partial charge >= 0.3 is 0 Å². The number of carbonyl (C=O) groups excluding carboxylic acids is 2. The number of rotatable bonds is 14. The Morgan fingerprint density at radius 3 is 2.51 bits per heavy atom. The summed E-state index contributed by atoms with van der Waals surface area (Å²) in [5.74, 6) is 0.538. The van der Waals surface area contributed by atoms with E-state index < -0.39 is 17.6 Å². The van der Waals surface area contributed by atoms with Gasteiger partial charge in [-0.3, -0.25) is 24.9 Å². The summed E-state index contributed by atoms with van der Waals surface area (Å²) in [5.41, 5.74) is 3.89. The van der Waals surface area contributed by atoms with E-state index in [1.165, 1.54) is 48.9 Å². The lowest BCUT2D eigenvalue weighted by Crippen LogP contribution is -2.67. The fourth-order valence-electron chi connectivity index (χ4n) is 12.9. The molecule has 11 rings (SSSR count). The molecule has 1 spiro atoms. The molecule has 2 saturated carbocycles. The van der Waals surface area contributed by atoms with Crippen LogP contribution in [0.15, 0.2) is 74.7 Å². The summed E-state index contributed by atoms with van der Waals surface area (Å²) in [4.78, 5) is 45.3. The Bertz CT molecular complexity index is 2870. The van der Waals surface area contributed by atoms with Gasteiger partial charge < -0.3 is 40.6 Å². The fraction of sp³-hybridized carbons (Fsp3) is 0.491. The van der Waals surface area contributed by atoms with Gasteiger partial charge in [0.1, 0.15) is 35.5 Å². The third-order valence-corrected chi connectivity index (χ3v) is 16.8. The number of nitrogens with one attached hydrogen (secondary N) is 4. The number of fused-ring (bicyclic) bond motifs is 3. The van der Waals surface area contributed by atoms with Gasteiger partial charge in [-0.15, -0.1) is 6.42 Å². The fourth-order valence-corrected chi connectivity index (χ4v) is 12.9. The molecule has 2 aliphatic carbocycles. The molecular formula is C55H62F2N10O4. The van der Waals surface area contributed by atoms with E-state index in [9.17, 15) is 14.7 Å². The molecule has 6 heterocycles. The number of phenols is 1. The molecule has 16 heteroatoms. The summed E-state index contributed by atoms with van der Waals surface area (Å²) >= 11 is 0. The lowest BCUT2D eigenvalue weighted by atomic mass is 9.59. The molecule has 370 valence electrons. The second kappa shape index (κ2) is 18.8. The number of carbonyl (C=O) groups is 2. The normalized spacial score (nSPS) is 26.6. The molecule has 0 radical (unpaired) electrons. The molecule has 3 aromatic carbocycles. The van der Waals surface area contributed by atoms with Crippen molar-refractivity contribution in [2.45, 2.75) is 88.3 Å². The predicted octanol–water partition coefficient (Wildman–Crippen LogP) is 6.74. The topological polar surface area (TPSA) is 170 Å². The maximum absolute atomic E-state index is 17.2. The van der Waals surface area contributed by atoms with Crippen molar-refractivity contribution < 1.29 is 28.2 Å². The zero-order chi connectivity index (χ0) is 49.2. The second-order valence-corrected chi connectivity index (χ2v) is 21.5. The Balaban J connectivity index is 0.705. The number of imide groups is 1. The first-order valence-electron chi connectivity index (χ1n) is 25.3. The van der Waals surface area contributed by atoms with Gasteiger partial charge in [0, 0.05) is 98.1 Å². The molecule has 14 nitrogen and oxygen atoms in total. The van der Waals surface area contributed by atoms with Crippen LogP contribution < -0.4 is 16.0 Å². The van der Waals surface area contributed by atoms with Crippen LogP contribution in [0.3, 0.4) is 0 Å². The largest absolute Gasteiger partial charge is 0.508 e. The van der Waals surface area contributed by atoms with Crippen molar-refractivity contribution in [1.82, 2.24) is 25.3 Å².